The van der Waals surface area contributed by atoms with Crippen molar-refractivity contribution < 1.29 is 17.5 Å². The third kappa shape index (κ3) is 1070. The maximum Gasteiger partial charge on any atom is 0.394 e. The van der Waals surface area contributed by atoms with Crippen molar-refractivity contribution in [2.75, 3.05) is 0 Å². The molecule has 0 aliphatic carbocycles. The van der Waals surface area contributed by atoms with Crippen molar-refractivity contribution in [2.45, 2.75) is 0 Å². The molecule has 0 aliphatic heterocycles. The third-order valence-electron chi connectivity index (χ3n) is 0. The Labute approximate surface area is 65.1 Å². The van der Waals surface area contributed by atoms with Gasteiger partial charge in [0, 0.05) is 0 Å². The summed E-state index contributed by atoms with van der Waals surface area (Å²) in [4.78, 5) is 0. The predicted molar refractivity (Wildman–Crippen MR) is 40.1 cm³/mol. The summed E-state index contributed by atoms with van der Waals surface area (Å²) in [7, 11) is -4.67. The van der Waals surface area contributed by atoms with Crippen LogP contribution in [0.4, 0.5) is 0 Å². The van der Waals surface area contributed by atoms with E-state index in [0.29, 0.717) is 0 Å². The fraction of sp³-hybridized carbons (Fsp3) is 0. The lowest BCUT2D eigenvalue weighted by Crippen LogP contribution is -1.89. The molecule has 6 heteroatoms. The fourth-order valence-corrected chi connectivity index (χ4v) is 0. The minimum Gasteiger partial charge on any atom is -0.264 e. The van der Waals surface area contributed by atoms with Gasteiger partial charge >= 0.3 is 10.4 Å². The maximum absolute atomic E-state index is 8.74. The highest BCUT2D eigenvalue weighted by molar-refractivity contribution is 7.79. The molecule has 0 aromatic carbocycles. The van der Waals surface area contributed by atoms with Gasteiger partial charge in [0.2, 0.25) is 0 Å². The van der Waals surface area contributed by atoms with Gasteiger partial charge in [0.15, 0.2) is 0 Å². The Bertz CT molecular complexity index is 161. The van der Waals surface area contributed by atoms with Crippen LogP contribution in [-0.4, -0.2) is 17.5 Å². The molecule has 2 N–H and O–H groups in total. The molecular formula is C4H7ClO4S. The molecule has 0 atom stereocenters. The molecule has 0 aromatic rings. The highest BCUT2D eigenvalue weighted by Crippen LogP contribution is 1.60. The van der Waals surface area contributed by atoms with Crippen molar-refractivity contribution in [1.82, 2.24) is 0 Å². The van der Waals surface area contributed by atoms with Gasteiger partial charge in [-0.05, 0) is 5.54 Å². The van der Waals surface area contributed by atoms with Crippen LogP contribution in [-0.2, 0) is 10.4 Å². The Balaban J connectivity index is -0.0000000847. The van der Waals surface area contributed by atoms with Crippen LogP contribution in [0, 0.1) is 12.8 Å². The van der Waals surface area contributed by atoms with E-state index >= 15 is 0 Å². The molecule has 10 heavy (non-hydrogen) atoms. The molecule has 0 radical (unpaired) electrons. The molecule has 0 aromatic heterocycles. The monoisotopic (exact) mass is 186 g/mol. The summed E-state index contributed by atoms with van der Waals surface area (Å²) < 4.78 is 31.6. The van der Waals surface area contributed by atoms with Crippen LogP contribution in [0.15, 0.2) is 12.1 Å². The van der Waals surface area contributed by atoms with Crippen LogP contribution in [0.1, 0.15) is 0 Å². The van der Waals surface area contributed by atoms with Crippen molar-refractivity contribution in [1.29, 1.82) is 0 Å². The SMILES string of the molecule is C#C.C=CCl.O=S(=O)(O)O. The van der Waals surface area contributed by atoms with E-state index in [1.54, 1.807) is 0 Å². The molecule has 0 unspecified atom stereocenters. The van der Waals surface area contributed by atoms with Gasteiger partial charge in [-0.2, -0.15) is 8.42 Å². The second-order valence-electron chi connectivity index (χ2n) is 0.602. The van der Waals surface area contributed by atoms with Crippen LogP contribution < -0.4 is 0 Å². The van der Waals surface area contributed by atoms with E-state index < -0.39 is 10.4 Å². The lowest BCUT2D eigenvalue weighted by atomic mass is 11.3. The minimum atomic E-state index is -4.67. The van der Waals surface area contributed by atoms with Crippen molar-refractivity contribution in [3.8, 4) is 12.8 Å². The Hall–Kier alpha value is -0.540. The van der Waals surface area contributed by atoms with Crippen LogP contribution in [0.5, 0.6) is 0 Å². The summed E-state index contributed by atoms with van der Waals surface area (Å²) in [5, 5.41) is 0. The topological polar surface area (TPSA) is 74.6 Å². The number of hydrogen-bond acceptors (Lipinski definition) is 2. The first-order valence-corrected chi connectivity index (χ1v) is 3.49. The Morgan fingerprint density at radius 1 is 1.40 bits per heavy atom. The molecule has 0 bridgehead atoms. The van der Waals surface area contributed by atoms with E-state index in [-0.39, 0.29) is 0 Å². The first-order chi connectivity index (χ1) is 4.41. The standard InChI is InChI=1S/C2H3Cl.C2H2.H2O4S/c1-2-3;1-2;1-5(2,3)4/h2H,1H2;1-2H;(H2,1,2,3,4). The highest BCUT2D eigenvalue weighted by atomic mass is 35.5. The molecular weight excluding hydrogens is 180 g/mol. The lowest BCUT2D eigenvalue weighted by molar-refractivity contribution is 0.381. The zero-order valence-electron chi connectivity index (χ0n) is 4.94. The third-order valence-corrected chi connectivity index (χ3v) is 0. The van der Waals surface area contributed by atoms with Crippen molar-refractivity contribution in [3.63, 3.8) is 0 Å². The summed E-state index contributed by atoms with van der Waals surface area (Å²) in [5.41, 5.74) is 1.22. The smallest absolute Gasteiger partial charge is 0.264 e. The number of hydrogen-bond donors (Lipinski definition) is 2. The number of terminal acetylenes is 1. The maximum atomic E-state index is 8.74. The Kier molecular flexibility index (Phi) is 18.3. The number of halogens is 1. The van der Waals surface area contributed by atoms with Gasteiger partial charge in [-0.3, -0.25) is 9.11 Å². The normalized spacial score (nSPS) is 7.30. The summed E-state index contributed by atoms with van der Waals surface area (Å²) in [6, 6.07) is 0. The van der Waals surface area contributed by atoms with Gasteiger partial charge < -0.3 is 0 Å². The predicted octanol–water partition coefficient (Wildman–Crippen LogP) is 0.965. The van der Waals surface area contributed by atoms with Crippen LogP contribution in [0.3, 0.4) is 0 Å². The summed E-state index contributed by atoms with van der Waals surface area (Å²) in [5.74, 6) is 0. The lowest BCUT2D eigenvalue weighted by Gasteiger charge is -1.68. The quantitative estimate of drug-likeness (QED) is 0.437. The van der Waals surface area contributed by atoms with Crippen LogP contribution in [0.2, 0.25) is 0 Å². The molecule has 0 amide bonds. The summed E-state index contributed by atoms with van der Waals surface area (Å²) in [6.07, 6.45) is 8.00. The summed E-state index contributed by atoms with van der Waals surface area (Å²) >= 11 is 4.76. The van der Waals surface area contributed by atoms with Gasteiger partial charge in [-0.15, -0.1) is 12.8 Å². The Morgan fingerprint density at radius 3 is 1.40 bits per heavy atom. The molecule has 4 nitrogen and oxygen atoms in total. The van der Waals surface area contributed by atoms with Gasteiger partial charge in [0.1, 0.15) is 0 Å². The van der Waals surface area contributed by atoms with Gasteiger partial charge in [0.25, 0.3) is 0 Å². The molecule has 0 rings (SSSR count). The van der Waals surface area contributed by atoms with E-state index in [1.807, 2.05) is 0 Å². The zero-order chi connectivity index (χ0) is 9.21. The van der Waals surface area contributed by atoms with Gasteiger partial charge in [-0.1, -0.05) is 18.2 Å². The average molecular weight is 187 g/mol. The van der Waals surface area contributed by atoms with Crippen molar-refractivity contribution >= 4 is 22.0 Å². The molecule has 0 heterocycles. The Morgan fingerprint density at radius 2 is 1.40 bits per heavy atom. The molecule has 0 fully saturated rings. The molecule has 60 valence electrons. The molecule has 0 spiro atoms. The van der Waals surface area contributed by atoms with Crippen LogP contribution >= 0.6 is 11.6 Å². The van der Waals surface area contributed by atoms with E-state index in [1.165, 1.54) is 5.54 Å². The molecule has 0 aliphatic rings. The van der Waals surface area contributed by atoms with E-state index in [2.05, 4.69) is 19.4 Å². The second kappa shape index (κ2) is 11.3. The van der Waals surface area contributed by atoms with E-state index in [4.69, 9.17) is 29.1 Å². The highest BCUT2D eigenvalue weighted by Gasteiger charge is 1.84. The van der Waals surface area contributed by atoms with Gasteiger partial charge in [0.05, 0.1) is 0 Å². The van der Waals surface area contributed by atoms with Gasteiger partial charge in [-0.25, -0.2) is 0 Å². The number of rotatable bonds is 0. The first kappa shape index (κ1) is 16.2. The van der Waals surface area contributed by atoms with E-state index in [9.17, 15) is 0 Å². The van der Waals surface area contributed by atoms with E-state index in [0.717, 1.165) is 0 Å². The fourth-order valence-electron chi connectivity index (χ4n) is 0. The first-order valence-electron chi connectivity index (χ1n) is 1.66. The van der Waals surface area contributed by atoms with Crippen molar-refractivity contribution in [2.24, 2.45) is 0 Å². The van der Waals surface area contributed by atoms with Crippen molar-refractivity contribution in [3.05, 3.63) is 12.1 Å². The summed E-state index contributed by atoms with van der Waals surface area (Å²) in [6.45, 7) is 3.13. The zero-order valence-corrected chi connectivity index (χ0v) is 6.51. The molecule has 0 saturated heterocycles. The minimum absolute atomic E-state index is 1.22. The average Bonchev–Trinajstić information content (AvgIpc) is 1.68. The van der Waals surface area contributed by atoms with Crippen LogP contribution in [0.25, 0.3) is 0 Å². The second-order valence-corrected chi connectivity index (χ2v) is 1.81. The largest absolute Gasteiger partial charge is 0.394 e. The molecule has 0 saturated carbocycles.